The van der Waals surface area contributed by atoms with Crippen LogP contribution < -0.4 is 5.32 Å². The van der Waals surface area contributed by atoms with Gasteiger partial charge in [-0.3, -0.25) is 0 Å². The van der Waals surface area contributed by atoms with Crippen molar-refractivity contribution >= 4 is 11.7 Å². The van der Waals surface area contributed by atoms with Gasteiger partial charge in [-0.05, 0) is 36.1 Å². The van der Waals surface area contributed by atoms with E-state index in [9.17, 15) is 15.0 Å². The average Bonchev–Trinajstić information content (AvgIpc) is 3.02. The minimum absolute atomic E-state index is 0.0843. The maximum absolute atomic E-state index is 12.6. The van der Waals surface area contributed by atoms with Crippen LogP contribution >= 0.6 is 0 Å². The number of anilines is 1. The van der Waals surface area contributed by atoms with Crippen molar-refractivity contribution in [1.82, 2.24) is 0 Å². The van der Waals surface area contributed by atoms with Gasteiger partial charge in [0.1, 0.15) is 5.56 Å². The van der Waals surface area contributed by atoms with E-state index in [1.54, 1.807) is 6.07 Å². The van der Waals surface area contributed by atoms with Crippen LogP contribution in [0.4, 0.5) is 5.69 Å². The molecule has 3 N–H and O–H groups in total. The van der Waals surface area contributed by atoms with Gasteiger partial charge in [0.05, 0.1) is 5.41 Å². The van der Waals surface area contributed by atoms with Crippen LogP contribution in [0.3, 0.4) is 0 Å². The fraction of sp³-hybridized carbons (Fsp3) is 0.278. The predicted octanol–water partition coefficient (Wildman–Crippen LogP) is 2.86. The monoisotopic (exact) mass is 309 g/mol. The van der Waals surface area contributed by atoms with Crippen molar-refractivity contribution in [3.63, 3.8) is 0 Å². The number of phenols is 2. The second-order valence-electron chi connectivity index (χ2n) is 6.50. The lowest BCUT2D eigenvalue weighted by molar-refractivity contribution is -0.0290. The summed E-state index contributed by atoms with van der Waals surface area (Å²) in [6, 6.07) is 11.1. The molecule has 0 saturated heterocycles. The van der Waals surface area contributed by atoms with Gasteiger partial charge >= 0.3 is 5.97 Å². The Morgan fingerprint density at radius 1 is 1.04 bits per heavy atom. The topological polar surface area (TPSA) is 78.8 Å². The van der Waals surface area contributed by atoms with Crippen LogP contribution in [0.25, 0.3) is 0 Å². The number of hydrogen-bond donors (Lipinski definition) is 3. The maximum atomic E-state index is 12.6. The molecular weight excluding hydrogens is 294 g/mol. The Labute approximate surface area is 132 Å². The van der Waals surface area contributed by atoms with Crippen LogP contribution in [0.5, 0.6) is 11.5 Å². The SMILES string of the molecule is O=C1OC23CCCC2(c2ccccc2N3)c2ccc(O)c(O)c21. The molecular formula is C18H15NO4. The highest BCUT2D eigenvalue weighted by atomic mass is 16.6. The molecule has 2 aromatic carbocycles. The molecule has 1 aliphatic carbocycles. The van der Waals surface area contributed by atoms with E-state index < -0.39 is 22.9 Å². The van der Waals surface area contributed by atoms with Crippen molar-refractivity contribution in [3.8, 4) is 11.5 Å². The largest absolute Gasteiger partial charge is 0.504 e. The highest BCUT2D eigenvalue weighted by molar-refractivity contribution is 5.99. The molecule has 2 atom stereocenters. The molecule has 3 aliphatic rings. The lowest BCUT2D eigenvalue weighted by Crippen LogP contribution is -2.55. The number of fused-ring (bicyclic) bond motifs is 2. The van der Waals surface area contributed by atoms with Gasteiger partial charge in [0.25, 0.3) is 0 Å². The van der Waals surface area contributed by atoms with E-state index in [0.717, 1.165) is 29.7 Å². The van der Waals surface area contributed by atoms with Crippen LogP contribution in [-0.2, 0) is 10.2 Å². The summed E-state index contributed by atoms with van der Waals surface area (Å²) in [5.41, 5.74) is 1.54. The molecule has 116 valence electrons. The van der Waals surface area contributed by atoms with Crippen LogP contribution in [0, 0.1) is 0 Å². The summed E-state index contributed by atoms with van der Waals surface area (Å²) in [5, 5.41) is 23.4. The Bertz CT molecular complexity index is 877. The number of aromatic hydroxyl groups is 2. The van der Waals surface area contributed by atoms with Crippen LogP contribution in [0.15, 0.2) is 36.4 Å². The second-order valence-corrected chi connectivity index (χ2v) is 6.50. The summed E-state index contributed by atoms with van der Waals surface area (Å²) < 4.78 is 5.84. The van der Waals surface area contributed by atoms with E-state index in [0.29, 0.717) is 6.42 Å². The van der Waals surface area contributed by atoms with Gasteiger partial charge in [-0.2, -0.15) is 0 Å². The van der Waals surface area contributed by atoms with Crippen LogP contribution in [0.2, 0.25) is 0 Å². The first-order chi connectivity index (χ1) is 11.1. The van der Waals surface area contributed by atoms with Gasteiger partial charge in [-0.1, -0.05) is 24.3 Å². The third kappa shape index (κ3) is 1.24. The molecule has 2 heterocycles. The van der Waals surface area contributed by atoms with Gasteiger partial charge in [0, 0.05) is 12.1 Å². The molecule has 0 aromatic heterocycles. The number of benzene rings is 2. The first-order valence-electron chi connectivity index (χ1n) is 7.75. The van der Waals surface area contributed by atoms with Crippen molar-refractivity contribution in [2.24, 2.45) is 0 Å². The number of nitrogens with one attached hydrogen (secondary N) is 1. The normalized spacial score (nSPS) is 29.8. The maximum Gasteiger partial charge on any atom is 0.344 e. The van der Waals surface area contributed by atoms with Crippen LogP contribution in [-0.4, -0.2) is 21.9 Å². The Morgan fingerprint density at radius 2 is 1.87 bits per heavy atom. The Hall–Kier alpha value is -2.69. The Kier molecular flexibility index (Phi) is 2.11. The zero-order chi connectivity index (χ0) is 15.8. The molecule has 1 saturated carbocycles. The average molecular weight is 309 g/mol. The van der Waals surface area contributed by atoms with Gasteiger partial charge in [-0.25, -0.2) is 4.79 Å². The molecule has 5 nitrogen and oxygen atoms in total. The summed E-state index contributed by atoms with van der Waals surface area (Å²) in [4.78, 5) is 12.6. The van der Waals surface area contributed by atoms with Crippen molar-refractivity contribution in [2.75, 3.05) is 5.32 Å². The zero-order valence-corrected chi connectivity index (χ0v) is 12.3. The Morgan fingerprint density at radius 3 is 2.74 bits per heavy atom. The molecule has 5 rings (SSSR count). The molecule has 1 fully saturated rings. The number of phenolic OH excluding ortho intramolecular Hbond substituents is 2. The fourth-order valence-corrected chi connectivity index (χ4v) is 4.73. The van der Waals surface area contributed by atoms with E-state index in [2.05, 4.69) is 5.32 Å². The van der Waals surface area contributed by atoms with Crippen molar-refractivity contribution in [3.05, 3.63) is 53.1 Å². The number of hydrogen-bond acceptors (Lipinski definition) is 5. The van der Waals surface area contributed by atoms with Gasteiger partial charge < -0.3 is 20.3 Å². The quantitative estimate of drug-likeness (QED) is 0.515. The van der Waals surface area contributed by atoms with E-state index in [1.807, 2.05) is 24.3 Å². The number of carbonyl (C=O) groups is 1. The third-order valence-electron chi connectivity index (χ3n) is 5.58. The standard InChI is InChI=1S/C18H15NO4/c20-13-7-6-11-14(15(13)21)16(22)23-18-9-3-8-17(11,18)10-4-1-2-5-12(10)19-18/h1-2,4-7,19-21H,3,8-9H2. The molecule has 2 unspecified atom stereocenters. The molecule has 2 aromatic rings. The zero-order valence-electron chi connectivity index (χ0n) is 12.3. The van der Waals surface area contributed by atoms with E-state index in [4.69, 9.17) is 4.74 Å². The van der Waals surface area contributed by atoms with Gasteiger partial charge in [0.15, 0.2) is 17.2 Å². The summed E-state index contributed by atoms with van der Waals surface area (Å²) in [7, 11) is 0. The molecule has 0 bridgehead atoms. The predicted molar refractivity (Wildman–Crippen MR) is 82.6 cm³/mol. The van der Waals surface area contributed by atoms with Crippen LogP contribution in [0.1, 0.15) is 40.7 Å². The minimum Gasteiger partial charge on any atom is -0.504 e. The molecule has 5 heteroatoms. The Balaban J connectivity index is 1.91. The number of carbonyl (C=O) groups excluding carboxylic acids is 1. The highest BCUT2D eigenvalue weighted by Gasteiger charge is 2.67. The number of para-hydroxylation sites is 1. The van der Waals surface area contributed by atoms with Crippen molar-refractivity contribution in [2.45, 2.75) is 30.4 Å². The summed E-state index contributed by atoms with van der Waals surface area (Å²) in [6.07, 6.45) is 2.45. The second kappa shape index (κ2) is 3.79. The fourth-order valence-electron chi connectivity index (χ4n) is 4.73. The number of ether oxygens (including phenoxy) is 1. The highest BCUT2D eigenvalue weighted by Crippen LogP contribution is 2.64. The first-order valence-corrected chi connectivity index (χ1v) is 7.75. The molecule has 0 radical (unpaired) electrons. The summed E-state index contributed by atoms with van der Waals surface area (Å²) in [6.45, 7) is 0. The van der Waals surface area contributed by atoms with Crippen molar-refractivity contribution < 1.29 is 19.7 Å². The molecule has 23 heavy (non-hydrogen) atoms. The van der Waals surface area contributed by atoms with E-state index >= 15 is 0 Å². The van der Waals surface area contributed by atoms with E-state index in [1.165, 1.54) is 6.07 Å². The number of rotatable bonds is 0. The lowest BCUT2D eigenvalue weighted by Gasteiger charge is -2.44. The minimum atomic E-state index is -0.801. The molecule has 0 spiro atoms. The summed E-state index contributed by atoms with van der Waals surface area (Å²) >= 11 is 0. The molecule has 0 amide bonds. The van der Waals surface area contributed by atoms with E-state index in [-0.39, 0.29) is 11.3 Å². The van der Waals surface area contributed by atoms with Gasteiger partial charge in [-0.15, -0.1) is 0 Å². The van der Waals surface area contributed by atoms with Gasteiger partial charge in [0.2, 0.25) is 0 Å². The third-order valence-corrected chi connectivity index (χ3v) is 5.58. The molecule has 2 aliphatic heterocycles. The first kappa shape index (κ1) is 12.8. The smallest absolute Gasteiger partial charge is 0.344 e. The lowest BCUT2D eigenvalue weighted by atomic mass is 9.67. The van der Waals surface area contributed by atoms with Crippen molar-refractivity contribution in [1.29, 1.82) is 0 Å². The summed E-state index contributed by atoms with van der Waals surface area (Å²) in [5.74, 6) is -1.29. The number of esters is 1.